The van der Waals surface area contributed by atoms with E-state index in [-0.39, 0.29) is 50.7 Å². The summed E-state index contributed by atoms with van der Waals surface area (Å²) in [5.74, 6) is -1.33. The summed E-state index contributed by atoms with van der Waals surface area (Å²) < 4.78 is 82.3. The third-order valence-electron chi connectivity index (χ3n) is 5.67. The van der Waals surface area contributed by atoms with Crippen molar-refractivity contribution in [1.29, 1.82) is 0 Å². The lowest BCUT2D eigenvalue weighted by Crippen LogP contribution is -2.17. The highest BCUT2D eigenvalue weighted by molar-refractivity contribution is 7.92. The number of carbonyl (C=O) groups is 1. The van der Waals surface area contributed by atoms with Crippen molar-refractivity contribution in [3.63, 3.8) is 0 Å². The lowest BCUT2D eigenvalue weighted by molar-refractivity contribution is -0.274. The smallest absolute Gasteiger partial charge is 0.489 e. The number of para-hydroxylation sites is 1. The molecule has 1 aromatic heterocycles. The van der Waals surface area contributed by atoms with Crippen LogP contribution in [0.2, 0.25) is 5.02 Å². The zero-order valence-electron chi connectivity index (χ0n) is 21.4. The van der Waals surface area contributed by atoms with E-state index in [4.69, 9.17) is 26.0 Å². The first-order valence-corrected chi connectivity index (χ1v) is 13.7. The molecule has 0 spiro atoms. The highest BCUT2D eigenvalue weighted by atomic mass is 35.5. The summed E-state index contributed by atoms with van der Waals surface area (Å²) >= 11 is 6.30. The zero-order valence-corrected chi connectivity index (χ0v) is 23.0. The lowest BCUT2D eigenvalue weighted by Gasteiger charge is -2.14. The maximum absolute atomic E-state index is 13.0. The van der Waals surface area contributed by atoms with E-state index in [0.717, 1.165) is 12.1 Å². The molecule has 0 amide bonds. The van der Waals surface area contributed by atoms with Gasteiger partial charge in [0.05, 0.1) is 26.7 Å². The molecule has 0 saturated carbocycles. The van der Waals surface area contributed by atoms with Gasteiger partial charge in [0.25, 0.3) is 10.0 Å². The highest BCUT2D eigenvalue weighted by Crippen LogP contribution is 2.38. The van der Waals surface area contributed by atoms with Crippen molar-refractivity contribution in [1.82, 2.24) is 5.16 Å². The van der Waals surface area contributed by atoms with Crippen LogP contribution in [0, 0.1) is 0 Å². The van der Waals surface area contributed by atoms with Crippen molar-refractivity contribution in [2.75, 3.05) is 4.72 Å². The molecule has 1 heterocycles. The number of hydrogen-bond acceptors (Lipinski definition) is 7. The van der Waals surface area contributed by atoms with Gasteiger partial charge in [0, 0.05) is 17.5 Å². The van der Waals surface area contributed by atoms with Crippen molar-refractivity contribution < 1.29 is 45.5 Å². The summed E-state index contributed by atoms with van der Waals surface area (Å²) in [6, 6.07) is 14.4. The molecule has 9 nitrogen and oxygen atoms in total. The van der Waals surface area contributed by atoms with Crippen molar-refractivity contribution in [2.24, 2.45) is 0 Å². The Morgan fingerprint density at radius 3 is 2.49 bits per heavy atom. The van der Waals surface area contributed by atoms with Crippen LogP contribution >= 0.6 is 11.6 Å². The number of anilines is 1. The quantitative estimate of drug-likeness (QED) is 0.195. The molecule has 41 heavy (non-hydrogen) atoms. The molecular weight excluding hydrogens is 589 g/mol. The van der Waals surface area contributed by atoms with Crippen LogP contribution in [0.4, 0.5) is 18.9 Å². The third kappa shape index (κ3) is 7.11. The van der Waals surface area contributed by atoms with E-state index in [0.29, 0.717) is 11.3 Å². The van der Waals surface area contributed by atoms with Crippen LogP contribution in [0.25, 0.3) is 11.3 Å². The van der Waals surface area contributed by atoms with Crippen LogP contribution in [-0.4, -0.2) is 31.0 Å². The molecule has 216 valence electrons. The fraction of sp³-hybridized carbons (Fsp3) is 0.185. The Hall–Kier alpha value is -4.23. The van der Waals surface area contributed by atoms with E-state index in [9.17, 15) is 26.4 Å². The Morgan fingerprint density at radius 1 is 1.10 bits per heavy atom. The summed E-state index contributed by atoms with van der Waals surface area (Å²) in [5.41, 5.74) is 0.342. The van der Waals surface area contributed by atoms with Gasteiger partial charge in [0.15, 0.2) is 0 Å². The van der Waals surface area contributed by atoms with Gasteiger partial charge in [-0.25, -0.2) is 13.2 Å². The molecule has 4 rings (SSSR count). The van der Waals surface area contributed by atoms with Gasteiger partial charge in [-0.2, -0.15) is 0 Å². The van der Waals surface area contributed by atoms with Gasteiger partial charge >= 0.3 is 12.3 Å². The molecule has 4 aromatic rings. The van der Waals surface area contributed by atoms with E-state index in [2.05, 4.69) is 14.6 Å². The molecule has 0 radical (unpaired) electrons. The van der Waals surface area contributed by atoms with Crippen LogP contribution in [0.1, 0.15) is 41.4 Å². The molecule has 0 saturated heterocycles. The fourth-order valence-electron chi connectivity index (χ4n) is 3.83. The molecule has 0 fully saturated rings. The topological polar surface area (TPSA) is 128 Å². The standard InChI is InChI=1S/C27H22ClF3N2O7S/c1-15(2)25-20(24(32-40-25)19-8-3-4-9-23(19)39-27(29,30)31)14-38-17-10-11-22(21(28)13-17)33-41(36,37)18-7-5-6-16(12-18)26(34)35/h3-13,15,33H,14H2,1-2H3,(H,34,35). The predicted molar refractivity (Wildman–Crippen MR) is 143 cm³/mol. The second-order valence-electron chi connectivity index (χ2n) is 8.94. The molecular formula is C27H22ClF3N2O7S. The van der Waals surface area contributed by atoms with E-state index in [1.165, 1.54) is 54.6 Å². The largest absolute Gasteiger partial charge is 0.573 e. The number of nitrogens with zero attached hydrogens (tertiary/aromatic N) is 1. The Labute approximate surface area is 237 Å². The number of carboxylic acid groups (broad SMARTS) is 1. The number of halogens is 4. The summed E-state index contributed by atoms with van der Waals surface area (Å²) in [6.45, 7) is 3.46. The van der Waals surface area contributed by atoms with Gasteiger partial charge in [-0.15, -0.1) is 13.2 Å². The van der Waals surface area contributed by atoms with E-state index in [1.54, 1.807) is 0 Å². The van der Waals surface area contributed by atoms with Crippen molar-refractivity contribution >= 4 is 33.3 Å². The summed E-state index contributed by atoms with van der Waals surface area (Å²) in [5, 5.41) is 13.1. The maximum Gasteiger partial charge on any atom is 0.573 e. The summed E-state index contributed by atoms with van der Waals surface area (Å²) in [7, 11) is -4.17. The van der Waals surface area contributed by atoms with Crippen LogP contribution in [0.15, 0.2) is 76.1 Å². The van der Waals surface area contributed by atoms with Crippen molar-refractivity contribution in [2.45, 2.75) is 37.6 Å². The first-order valence-electron chi connectivity index (χ1n) is 11.9. The Morgan fingerprint density at radius 2 is 1.83 bits per heavy atom. The highest BCUT2D eigenvalue weighted by Gasteiger charge is 2.33. The van der Waals surface area contributed by atoms with Crippen molar-refractivity contribution in [3.8, 4) is 22.8 Å². The number of alkyl halides is 3. The molecule has 14 heteroatoms. The number of aromatic nitrogens is 1. The monoisotopic (exact) mass is 610 g/mol. The van der Waals surface area contributed by atoms with Gasteiger partial charge in [0.1, 0.15) is 29.6 Å². The maximum atomic E-state index is 13.0. The van der Waals surface area contributed by atoms with E-state index < -0.39 is 28.1 Å². The van der Waals surface area contributed by atoms with Crippen LogP contribution in [0.5, 0.6) is 11.5 Å². The zero-order chi connectivity index (χ0) is 29.9. The van der Waals surface area contributed by atoms with Crippen LogP contribution < -0.4 is 14.2 Å². The average Bonchev–Trinajstić information content (AvgIpc) is 3.32. The molecule has 0 aliphatic carbocycles. The molecule has 2 N–H and O–H groups in total. The van der Waals surface area contributed by atoms with Gasteiger partial charge in [0.2, 0.25) is 0 Å². The molecule has 0 atom stereocenters. The molecule has 0 aliphatic rings. The second kappa shape index (κ2) is 11.7. The number of aromatic carboxylic acids is 1. The van der Waals surface area contributed by atoms with Gasteiger partial charge in [-0.1, -0.05) is 48.8 Å². The summed E-state index contributed by atoms with van der Waals surface area (Å²) in [6.07, 6.45) is -4.92. The van der Waals surface area contributed by atoms with E-state index in [1.807, 2.05) is 13.8 Å². The predicted octanol–water partition coefficient (Wildman–Crippen LogP) is 7.10. The Balaban J connectivity index is 1.57. The first kappa shape index (κ1) is 29.7. The minimum atomic E-state index is -4.92. The lowest BCUT2D eigenvalue weighted by atomic mass is 10.0. The number of rotatable bonds is 10. The third-order valence-corrected chi connectivity index (χ3v) is 7.35. The second-order valence-corrected chi connectivity index (χ2v) is 11.0. The van der Waals surface area contributed by atoms with Crippen molar-refractivity contribution in [3.05, 3.63) is 88.6 Å². The normalized spacial score (nSPS) is 11.9. The van der Waals surface area contributed by atoms with Crippen LogP contribution in [-0.2, 0) is 16.6 Å². The number of sulfonamides is 1. The Bertz CT molecular complexity index is 1690. The van der Waals surface area contributed by atoms with Gasteiger partial charge in [-0.3, -0.25) is 4.72 Å². The van der Waals surface area contributed by atoms with E-state index >= 15 is 0 Å². The number of nitrogens with one attached hydrogen (secondary N) is 1. The number of ether oxygens (including phenoxy) is 2. The first-order chi connectivity index (χ1) is 19.2. The van der Waals surface area contributed by atoms with Crippen LogP contribution in [0.3, 0.4) is 0 Å². The number of carboxylic acids is 1. The summed E-state index contributed by atoms with van der Waals surface area (Å²) in [4.78, 5) is 10.9. The molecule has 0 unspecified atom stereocenters. The molecule has 0 bridgehead atoms. The minimum Gasteiger partial charge on any atom is -0.489 e. The number of hydrogen-bond donors (Lipinski definition) is 2. The SMILES string of the molecule is CC(C)c1onc(-c2ccccc2OC(F)(F)F)c1COc1ccc(NS(=O)(=O)c2cccc(C(=O)O)c2)c(Cl)c1. The van der Waals surface area contributed by atoms with Gasteiger partial charge < -0.3 is 19.1 Å². The molecule has 3 aromatic carbocycles. The molecule has 0 aliphatic heterocycles. The Kier molecular flexibility index (Phi) is 8.50. The average molecular weight is 611 g/mol. The fourth-order valence-corrected chi connectivity index (χ4v) is 5.23. The van der Waals surface area contributed by atoms with Gasteiger partial charge in [-0.05, 0) is 42.5 Å². The minimum absolute atomic E-state index is 0.00603. The number of benzene rings is 3.